The standard InChI is InChI=1S/C48H50Cl2N6O7/c1-29(2)63-40-26-35(62-3)19-20-37(40)45-52-43(31-11-15-33(49)16-12-31)44(32-13-17-34(50)18-14-32)56(45)48(61)54-25-24-53(42(58)28-54)23-6-4-5-8-30-9-7-10-36-38(30)27-55(47(36)60)39-21-22-41(57)51-46(39)59/h7,9-20,26,29,39,43-44H,4-6,8,21-25,27-28H2,1-3H3,(H,51,57,59)/t39?,43-,44+/m0/s1. The van der Waals surface area contributed by atoms with E-state index in [9.17, 15) is 19.2 Å². The Bertz CT molecular complexity index is 2440. The molecule has 13 nitrogen and oxygen atoms in total. The van der Waals surface area contributed by atoms with E-state index in [1.54, 1.807) is 46.1 Å². The number of benzene rings is 4. The zero-order valence-corrected chi connectivity index (χ0v) is 37.0. The maximum atomic E-state index is 15.1. The van der Waals surface area contributed by atoms with Gasteiger partial charge in [0.2, 0.25) is 17.7 Å². The maximum absolute atomic E-state index is 15.1. The summed E-state index contributed by atoms with van der Waals surface area (Å²) in [5.41, 5.74) is 4.88. The number of nitrogens with one attached hydrogen (secondary N) is 1. The summed E-state index contributed by atoms with van der Waals surface area (Å²) in [6, 6.07) is 23.9. The summed E-state index contributed by atoms with van der Waals surface area (Å²) < 4.78 is 11.9. The largest absolute Gasteiger partial charge is 0.497 e. The first-order chi connectivity index (χ1) is 30.4. The van der Waals surface area contributed by atoms with Gasteiger partial charge in [0, 0.05) is 54.3 Å². The molecular formula is C48H50Cl2N6O7. The first-order valence-electron chi connectivity index (χ1n) is 21.4. The number of amides is 6. The van der Waals surface area contributed by atoms with Gasteiger partial charge in [0.15, 0.2) is 0 Å². The summed E-state index contributed by atoms with van der Waals surface area (Å²) in [5, 5.41) is 3.50. The van der Waals surface area contributed by atoms with Crippen molar-refractivity contribution in [1.29, 1.82) is 0 Å². The molecule has 4 aliphatic rings. The van der Waals surface area contributed by atoms with E-state index in [0.717, 1.165) is 47.9 Å². The molecule has 4 aliphatic heterocycles. The lowest BCUT2D eigenvalue weighted by atomic mass is 9.93. The van der Waals surface area contributed by atoms with Gasteiger partial charge >= 0.3 is 6.03 Å². The van der Waals surface area contributed by atoms with Gasteiger partial charge in [-0.25, -0.2) is 4.79 Å². The second-order valence-corrected chi connectivity index (χ2v) is 17.5. The van der Waals surface area contributed by atoms with Crippen LogP contribution >= 0.6 is 23.2 Å². The summed E-state index contributed by atoms with van der Waals surface area (Å²) in [6.07, 6.45) is 3.57. The third-order valence-corrected chi connectivity index (χ3v) is 12.6. The van der Waals surface area contributed by atoms with E-state index in [-0.39, 0.29) is 42.8 Å². The van der Waals surface area contributed by atoms with Gasteiger partial charge in [-0.3, -0.25) is 34.4 Å². The van der Waals surface area contributed by atoms with Gasteiger partial charge in [-0.05, 0) is 104 Å². The topological polar surface area (TPSA) is 141 Å². The summed E-state index contributed by atoms with van der Waals surface area (Å²) in [7, 11) is 1.59. The van der Waals surface area contributed by atoms with Crippen LogP contribution in [0.2, 0.25) is 10.0 Å². The summed E-state index contributed by atoms with van der Waals surface area (Å²) in [4.78, 5) is 78.4. The van der Waals surface area contributed by atoms with Crippen LogP contribution in [0.4, 0.5) is 4.79 Å². The van der Waals surface area contributed by atoms with Crippen molar-refractivity contribution >= 4 is 58.7 Å². The number of urea groups is 1. The van der Waals surface area contributed by atoms with Crippen LogP contribution in [0.5, 0.6) is 11.5 Å². The molecule has 4 aromatic rings. The van der Waals surface area contributed by atoms with Crippen molar-refractivity contribution in [3.05, 3.63) is 128 Å². The molecule has 2 fully saturated rings. The van der Waals surface area contributed by atoms with Crippen LogP contribution in [0.15, 0.2) is 89.9 Å². The number of hydrogen-bond acceptors (Lipinski definition) is 8. The molecule has 4 aromatic carbocycles. The molecule has 0 aliphatic carbocycles. The van der Waals surface area contributed by atoms with Crippen molar-refractivity contribution in [2.24, 2.45) is 4.99 Å². The first-order valence-corrected chi connectivity index (χ1v) is 22.2. The second kappa shape index (κ2) is 18.8. The van der Waals surface area contributed by atoms with E-state index in [2.05, 4.69) is 5.32 Å². The van der Waals surface area contributed by atoms with Crippen LogP contribution in [0.3, 0.4) is 0 Å². The molecule has 0 aromatic heterocycles. The summed E-state index contributed by atoms with van der Waals surface area (Å²) >= 11 is 12.7. The van der Waals surface area contributed by atoms with E-state index in [4.69, 9.17) is 37.7 Å². The molecule has 0 spiro atoms. The SMILES string of the molecule is COc1ccc(C2=N[C@@H](c3ccc(Cl)cc3)[C@@H](c3ccc(Cl)cc3)N2C(=O)N2CCN(CCCCCc3cccc4c3CN(C3CCC(=O)NC3=O)C4=O)C(=O)C2)c(OC(C)C)c1. The average Bonchev–Trinajstić information content (AvgIpc) is 3.82. The van der Waals surface area contributed by atoms with E-state index >= 15 is 4.79 Å². The minimum Gasteiger partial charge on any atom is -0.497 e. The van der Waals surface area contributed by atoms with Gasteiger partial charge in [0.1, 0.15) is 36.0 Å². The minimum atomic E-state index is -0.656. The Kier molecular flexibility index (Phi) is 13.1. The number of nitrogens with zero attached hydrogens (tertiary/aromatic N) is 5. The average molecular weight is 894 g/mol. The molecule has 6 amide bonds. The number of halogens is 2. The highest BCUT2D eigenvalue weighted by atomic mass is 35.5. The number of piperidine rings is 1. The number of carbonyl (C=O) groups is 5. The molecule has 0 bridgehead atoms. The molecule has 63 heavy (non-hydrogen) atoms. The Morgan fingerprint density at radius 1 is 0.857 bits per heavy atom. The number of aryl methyl sites for hydroxylation is 1. The predicted molar refractivity (Wildman–Crippen MR) is 239 cm³/mol. The van der Waals surface area contributed by atoms with E-state index in [0.29, 0.717) is 71.1 Å². The smallest absolute Gasteiger partial charge is 0.326 e. The molecule has 0 saturated carbocycles. The first kappa shape index (κ1) is 43.7. The number of piperazine rings is 1. The van der Waals surface area contributed by atoms with Crippen molar-refractivity contribution < 1.29 is 33.4 Å². The van der Waals surface area contributed by atoms with Crippen LogP contribution in [0, 0.1) is 0 Å². The van der Waals surface area contributed by atoms with Gasteiger partial charge in [-0.15, -0.1) is 0 Å². The maximum Gasteiger partial charge on any atom is 0.326 e. The van der Waals surface area contributed by atoms with Crippen molar-refractivity contribution in [2.45, 2.75) is 83.1 Å². The number of carbonyl (C=O) groups excluding carboxylic acids is 5. The predicted octanol–water partition coefficient (Wildman–Crippen LogP) is 7.77. The molecule has 3 atom stereocenters. The number of hydrogen-bond donors (Lipinski definition) is 1. The van der Waals surface area contributed by atoms with E-state index in [1.165, 1.54) is 0 Å². The molecular weight excluding hydrogens is 843 g/mol. The number of amidine groups is 1. The van der Waals surface area contributed by atoms with Crippen LogP contribution in [0.25, 0.3) is 0 Å². The summed E-state index contributed by atoms with van der Waals surface area (Å²) in [5.74, 6) is 0.456. The zero-order valence-electron chi connectivity index (χ0n) is 35.5. The molecule has 8 rings (SSSR count). The fourth-order valence-corrected chi connectivity index (χ4v) is 9.21. The Labute approximate surface area is 376 Å². The zero-order chi connectivity index (χ0) is 44.4. The number of unbranched alkanes of at least 4 members (excludes halogenated alkanes) is 2. The third kappa shape index (κ3) is 9.26. The molecule has 1 unspecified atom stereocenters. The van der Waals surface area contributed by atoms with Gasteiger partial charge in [0.05, 0.1) is 24.8 Å². The fraction of sp³-hybridized carbons (Fsp3) is 0.375. The normalized spacial score (nSPS) is 20.0. The molecule has 2 saturated heterocycles. The van der Waals surface area contributed by atoms with Gasteiger partial charge < -0.3 is 24.2 Å². The number of rotatable bonds is 13. The highest BCUT2D eigenvalue weighted by Crippen LogP contribution is 2.46. The van der Waals surface area contributed by atoms with Crippen LogP contribution in [-0.2, 0) is 27.3 Å². The van der Waals surface area contributed by atoms with E-state index in [1.807, 2.05) is 79.4 Å². The van der Waals surface area contributed by atoms with Crippen molar-refractivity contribution in [2.75, 3.05) is 33.3 Å². The second-order valence-electron chi connectivity index (χ2n) is 16.6. The lowest BCUT2D eigenvalue weighted by Crippen LogP contribution is -2.56. The number of fused-ring (bicyclic) bond motifs is 1. The minimum absolute atomic E-state index is 0.0899. The molecule has 328 valence electrons. The fourth-order valence-electron chi connectivity index (χ4n) is 8.96. The molecule has 15 heteroatoms. The highest BCUT2D eigenvalue weighted by Gasteiger charge is 2.46. The van der Waals surface area contributed by atoms with E-state index < -0.39 is 24.0 Å². The number of ether oxygens (including phenoxy) is 2. The van der Waals surface area contributed by atoms with Gasteiger partial charge in [-0.2, -0.15) is 0 Å². The van der Waals surface area contributed by atoms with Gasteiger partial charge in [-0.1, -0.05) is 66.0 Å². The third-order valence-electron chi connectivity index (χ3n) is 12.1. The lowest BCUT2D eigenvalue weighted by Gasteiger charge is -2.38. The molecule has 1 N–H and O–H groups in total. The monoisotopic (exact) mass is 892 g/mol. The van der Waals surface area contributed by atoms with Crippen LogP contribution in [-0.4, -0.2) is 101 Å². The molecule has 0 radical (unpaired) electrons. The lowest BCUT2D eigenvalue weighted by molar-refractivity contribution is -0.137. The highest BCUT2D eigenvalue weighted by molar-refractivity contribution is 6.30. The number of aliphatic imine (C=N–C) groups is 1. The Morgan fingerprint density at radius 3 is 2.27 bits per heavy atom. The van der Waals surface area contributed by atoms with Crippen molar-refractivity contribution in [3.8, 4) is 11.5 Å². The van der Waals surface area contributed by atoms with Gasteiger partial charge in [0.25, 0.3) is 5.91 Å². The summed E-state index contributed by atoms with van der Waals surface area (Å²) in [6.45, 7) is 5.38. The molecule has 4 heterocycles. The Hall–Kier alpha value is -5.92. The van der Waals surface area contributed by atoms with Crippen molar-refractivity contribution in [3.63, 3.8) is 0 Å². The Morgan fingerprint density at radius 2 is 1.59 bits per heavy atom. The van der Waals surface area contributed by atoms with Crippen molar-refractivity contribution in [1.82, 2.24) is 24.9 Å². The van der Waals surface area contributed by atoms with Crippen LogP contribution < -0.4 is 14.8 Å². The quantitative estimate of drug-likeness (QED) is 0.107. The number of imide groups is 1. The van der Waals surface area contributed by atoms with Crippen LogP contribution in [0.1, 0.15) is 96.2 Å². The number of methoxy groups -OCH3 is 1. The Balaban J connectivity index is 0.957.